The number of carbonyl (C=O) groups is 2. The Labute approximate surface area is 249 Å². The third-order valence-electron chi connectivity index (χ3n) is 6.33. The second kappa shape index (κ2) is 14.2. The number of hydrogen-bond acceptors (Lipinski definition) is 9. The molecule has 0 saturated carbocycles. The summed E-state index contributed by atoms with van der Waals surface area (Å²) in [5.74, 6) is 0.0563. The first-order valence-corrected chi connectivity index (χ1v) is 13.8. The van der Waals surface area contributed by atoms with E-state index in [1.807, 2.05) is 61.6 Å². The molecule has 0 radical (unpaired) electrons. The molecule has 5 rings (SSSR count). The van der Waals surface area contributed by atoms with Gasteiger partial charge >= 0.3 is 11.9 Å². The molecule has 0 bridgehead atoms. The average Bonchev–Trinajstić information content (AvgIpc) is 3.00. The van der Waals surface area contributed by atoms with Crippen molar-refractivity contribution in [1.29, 1.82) is 0 Å². The van der Waals surface area contributed by atoms with Crippen LogP contribution >= 0.6 is 15.9 Å². The molecule has 0 unspecified atom stereocenters. The van der Waals surface area contributed by atoms with Crippen LogP contribution in [-0.4, -0.2) is 63.3 Å². The summed E-state index contributed by atoms with van der Waals surface area (Å²) in [6, 6.07) is 17.7. The summed E-state index contributed by atoms with van der Waals surface area (Å²) in [7, 11) is 1.99. The number of para-hydroxylation sites is 1. The second-order valence-electron chi connectivity index (χ2n) is 9.19. The van der Waals surface area contributed by atoms with Crippen LogP contribution in [0.3, 0.4) is 0 Å². The van der Waals surface area contributed by atoms with Gasteiger partial charge in [0.05, 0.1) is 9.99 Å². The Balaban J connectivity index is 0.000000446. The average molecular weight is 637 g/mol. The quantitative estimate of drug-likeness (QED) is 0.172. The number of hydrogen-bond donors (Lipinski definition) is 5. The van der Waals surface area contributed by atoms with Crippen molar-refractivity contribution >= 4 is 56.2 Å². The first kappa shape index (κ1) is 30.2. The predicted octanol–water partition coefficient (Wildman–Crippen LogP) is 4.52. The van der Waals surface area contributed by atoms with Crippen LogP contribution in [-0.2, 0) is 9.59 Å². The Bertz CT molecular complexity index is 1600. The largest absolute Gasteiger partial charge is 0.478 e. The summed E-state index contributed by atoms with van der Waals surface area (Å²) in [5.41, 5.74) is 1.13. The van der Waals surface area contributed by atoms with Crippen LogP contribution in [0.2, 0.25) is 0 Å². The normalized spacial score (nSPS) is 13.4. The first-order chi connectivity index (χ1) is 20.2. The molecule has 2 aromatic carbocycles. The van der Waals surface area contributed by atoms with Crippen LogP contribution in [0.15, 0.2) is 82.2 Å². The topological polar surface area (TPSA) is 170 Å². The van der Waals surface area contributed by atoms with E-state index in [4.69, 9.17) is 24.9 Å². The number of H-pyrrole nitrogens is 1. The number of nitrogens with zero attached hydrogens (tertiary/aromatic N) is 3. The summed E-state index contributed by atoms with van der Waals surface area (Å²) in [6.07, 6.45) is 4.76. The number of pyridine rings is 1. The summed E-state index contributed by atoms with van der Waals surface area (Å²) in [6.45, 7) is 1.70. The van der Waals surface area contributed by atoms with Gasteiger partial charge in [0.2, 0.25) is 5.95 Å². The highest BCUT2D eigenvalue weighted by Gasteiger charge is 2.22. The molecule has 1 fully saturated rings. The monoisotopic (exact) mass is 636 g/mol. The minimum atomic E-state index is -1.26. The highest BCUT2D eigenvalue weighted by atomic mass is 79.9. The van der Waals surface area contributed by atoms with Crippen LogP contribution in [0.4, 0.5) is 17.5 Å². The van der Waals surface area contributed by atoms with Crippen LogP contribution in [0.25, 0.3) is 10.9 Å². The molecule has 1 aliphatic rings. The Kier molecular flexibility index (Phi) is 10.2. The van der Waals surface area contributed by atoms with Gasteiger partial charge in [0.15, 0.2) is 0 Å². The van der Waals surface area contributed by atoms with Crippen LogP contribution in [0.5, 0.6) is 11.5 Å². The highest BCUT2D eigenvalue weighted by Crippen LogP contribution is 2.30. The van der Waals surface area contributed by atoms with E-state index in [-0.39, 0.29) is 5.56 Å². The van der Waals surface area contributed by atoms with Gasteiger partial charge in [-0.1, -0.05) is 18.2 Å². The highest BCUT2D eigenvalue weighted by molar-refractivity contribution is 9.10. The number of rotatable bonds is 8. The van der Waals surface area contributed by atoms with Gasteiger partial charge in [-0.2, -0.15) is 4.98 Å². The van der Waals surface area contributed by atoms with Crippen LogP contribution < -0.4 is 25.8 Å². The Morgan fingerprint density at radius 1 is 1.00 bits per heavy atom. The molecule has 2 aromatic heterocycles. The third kappa shape index (κ3) is 8.15. The summed E-state index contributed by atoms with van der Waals surface area (Å²) < 4.78 is 6.59. The maximum atomic E-state index is 12.7. The number of aliphatic carboxylic acids is 2. The SMILES string of the molecule is CNC1CCN(c2nc(Nc3ccc(Oc4ccccc4)cc3)c3c(=O)[nH]cc(Br)c3n2)CC1.O=C(O)/C=C\C(=O)O. The molecule has 0 atom stereocenters. The number of fused-ring (bicyclic) bond motifs is 1. The van der Waals surface area contributed by atoms with Gasteiger partial charge in [-0.15, -0.1) is 0 Å². The number of carboxylic acid groups (broad SMARTS) is 2. The summed E-state index contributed by atoms with van der Waals surface area (Å²) >= 11 is 3.54. The number of ether oxygens (including phenoxy) is 1. The molecule has 0 amide bonds. The minimum Gasteiger partial charge on any atom is -0.478 e. The first-order valence-electron chi connectivity index (χ1n) is 13.0. The maximum absolute atomic E-state index is 12.7. The van der Waals surface area contributed by atoms with Gasteiger partial charge in [-0.25, -0.2) is 14.6 Å². The van der Waals surface area contributed by atoms with Crippen molar-refractivity contribution in [1.82, 2.24) is 20.3 Å². The molecule has 0 spiro atoms. The zero-order valence-electron chi connectivity index (χ0n) is 22.6. The van der Waals surface area contributed by atoms with Crippen molar-refractivity contribution in [3.63, 3.8) is 0 Å². The van der Waals surface area contributed by atoms with Crippen molar-refractivity contribution < 1.29 is 24.5 Å². The van der Waals surface area contributed by atoms with E-state index in [1.165, 1.54) is 0 Å². The fourth-order valence-electron chi connectivity index (χ4n) is 4.22. The molecule has 0 aliphatic carbocycles. The van der Waals surface area contributed by atoms with Crippen molar-refractivity contribution in [2.75, 3.05) is 30.4 Å². The standard InChI is InChI=1S/C25H25BrN6O2.C4H4O4/c1-27-16-11-13-32(14-12-16)25-30-22-20(26)15-28-24(33)21(22)23(31-25)29-17-7-9-19(10-8-17)34-18-5-3-2-4-6-18;5-3(6)1-2-4(7)8/h2-10,15-16,27H,11-14H2,1H3,(H,28,33)(H,29,30,31);1-2H,(H,5,6)(H,7,8)/b;2-1-. The summed E-state index contributed by atoms with van der Waals surface area (Å²) in [5, 5.41) is 22.7. The van der Waals surface area contributed by atoms with Crippen molar-refractivity contribution in [3.05, 3.63) is 87.8 Å². The number of aromatic amines is 1. The zero-order valence-corrected chi connectivity index (χ0v) is 24.2. The van der Waals surface area contributed by atoms with Gasteiger partial charge < -0.3 is 35.5 Å². The molecule has 5 N–H and O–H groups in total. The molecule has 12 nitrogen and oxygen atoms in total. The molecule has 218 valence electrons. The fraction of sp³-hybridized carbons (Fsp3) is 0.207. The smallest absolute Gasteiger partial charge is 0.328 e. The number of anilines is 3. The van der Waals surface area contributed by atoms with E-state index in [9.17, 15) is 14.4 Å². The van der Waals surface area contributed by atoms with Crippen LogP contribution in [0, 0.1) is 0 Å². The van der Waals surface area contributed by atoms with Gasteiger partial charge in [0.25, 0.3) is 5.56 Å². The second-order valence-corrected chi connectivity index (χ2v) is 10.0. The molecule has 3 heterocycles. The Morgan fingerprint density at radius 2 is 1.62 bits per heavy atom. The number of piperidine rings is 1. The van der Waals surface area contributed by atoms with Gasteiger partial charge in [-0.05, 0) is 72.2 Å². The van der Waals surface area contributed by atoms with E-state index >= 15 is 0 Å². The fourth-order valence-corrected chi connectivity index (χ4v) is 4.62. The molecule has 42 heavy (non-hydrogen) atoms. The van der Waals surface area contributed by atoms with E-state index in [0.29, 0.717) is 45.3 Å². The number of carboxylic acids is 2. The lowest BCUT2D eigenvalue weighted by Crippen LogP contribution is -2.42. The van der Waals surface area contributed by atoms with Crippen molar-refractivity contribution in [2.45, 2.75) is 18.9 Å². The van der Waals surface area contributed by atoms with Gasteiger partial charge in [0, 0.05) is 43.2 Å². The summed E-state index contributed by atoms with van der Waals surface area (Å²) in [4.78, 5) is 46.3. The zero-order chi connectivity index (χ0) is 30.1. The maximum Gasteiger partial charge on any atom is 0.328 e. The number of benzene rings is 2. The van der Waals surface area contributed by atoms with Gasteiger partial charge in [0.1, 0.15) is 22.7 Å². The minimum absolute atomic E-state index is 0.245. The third-order valence-corrected chi connectivity index (χ3v) is 6.94. The van der Waals surface area contributed by atoms with E-state index in [2.05, 4.69) is 36.4 Å². The van der Waals surface area contributed by atoms with E-state index in [1.54, 1.807) is 6.20 Å². The molecular formula is C29H29BrN6O6. The molecule has 13 heteroatoms. The number of nitrogens with one attached hydrogen (secondary N) is 3. The van der Waals surface area contributed by atoms with E-state index in [0.717, 1.165) is 43.1 Å². The lowest BCUT2D eigenvalue weighted by molar-refractivity contribution is -0.134. The number of halogens is 1. The van der Waals surface area contributed by atoms with Crippen LogP contribution in [0.1, 0.15) is 12.8 Å². The molecule has 4 aromatic rings. The Hall–Kier alpha value is -4.75. The Morgan fingerprint density at radius 3 is 2.21 bits per heavy atom. The lowest BCUT2D eigenvalue weighted by Gasteiger charge is -2.32. The van der Waals surface area contributed by atoms with Gasteiger partial charge in [-0.3, -0.25) is 4.79 Å². The molecule has 1 saturated heterocycles. The predicted molar refractivity (Wildman–Crippen MR) is 163 cm³/mol. The lowest BCUT2D eigenvalue weighted by atomic mass is 10.1. The number of aromatic nitrogens is 3. The molecule has 1 aliphatic heterocycles. The van der Waals surface area contributed by atoms with Crippen molar-refractivity contribution in [3.8, 4) is 11.5 Å². The van der Waals surface area contributed by atoms with E-state index < -0.39 is 11.9 Å². The van der Waals surface area contributed by atoms with Crippen molar-refractivity contribution in [2.24, 2.45) is 0 Å². The molecular weight excluding hydrogens is 608 g/mol.